The zero-order valence-electron chi connectivity index (χ0n) is 44.5. The van der Waals surface area contributed by atoms with Crippen molar-refractivity contribution in [3.63, 3.8) is 0 Å². The molecule has 6 aromatic heterocycles. The summed E-state index contributed by atoms with van der Waals surface area (Å²) in [5.74, 6) is 2.39. The number of benzene rings is 2. The fraction of sp³-hybridized carbons (Fsp3) is 0.345. The van der Waals surface area contributed by atoms with Crippen LogP contribution in [-0.2, 0) is 52.9 Å². The Morgan fingerprint density at radius 3 is 1.53 bits per heavy atom. The number of likely N-dealkylation sites (N-methyl/N-ethyl adjacent to an activating group) is 2. The molecule has 16 nitrogen and oxygen atoms in total. The van der Waals surface area contributed by atoms with E-state index in [0.29, 0.717) is 35.3 Å². The van der Waals surface area contributed by atoms with Crippen LogP contribution in [0.15, 0.2) is 97.6 Å². The fourth-order valence-corrected chi connectivity index (χ4v) is 10.2. The molecule has 3 N–H and O–H groups in total. The van der Waals surface area contributed by atoms with Gasteiger partial charge in [-0.25, -0.2) is 19.9 Å². The first-order valence-electron chi connectivity index (χ1n) is 25.6. The number of aryl methyl sites for hydroxylation is 4. The fourth-order valence-electron chi connectivity index (χ4n) is 9.20. The van der Waals surface area contributed by atoms with Gasteiger partial charge in [-0.05, 0) is 129 Å². The van der Waals surface area contributed by atoms with Crippen LogP contribution in [-0.4, -0.2) is 92.3 Å². The lowest BCUT2D eigenvalue weighted by atomic mass is 10.1. The topological polar surface area (TPSA) is 197 Å². The lowest BCUT2D eigenvalue weighted by Crippen LogP contribution is -2.40. The van der Waals surface area contributed by atoms with Crippen LogP contribution < -0.4 is 20.4 Å². The van der Waals surface area contributed by atoms with E-state index in [4.69, 9.17) is 29.3 Å². The molecule has 0 fully saturated rings. The molecule has 8 aromatic rings. The van der Waals surface area contributed by atoms with Gasteiger partial charge in [0.25, 0.3) is 0 Å². The van der Waals surface area contributed by atoms with Gasteiger partial charge in [0, 0.05) is 71.2 Å². The molecule has 0 unspecified atom stereocenters. The number of amides is 2. The zero-order chi connectivity index (χ0) is 53.0. The zero-order valence-corrected chi connectivity index (χ0v) is 45.5. The van der Waals surface area contributed by atoms with Gasteiger partial charge in [-0.2, -0.15) is 0 Å². The van der Waals surface area contributed by atoms with E-state index >= 15 is 0 Å². The largest absolute Gasteiger partial charge is 0.413 e. The molecule has 0 saturated heterocycles. The van der Waals surface area contributed by atoms with Crippen molar-refractivity contribution in [1.29, 1.82) is 0 Å². The minimum absolute atomic E-state index is 0.0502. The van der Waals surface area contributed by atoms with Crippen LogP contribution in [0.4, 0.5) is 23.0 Å². The molecule has 75 heavy (non-hydrogen) atoms. The second-order valence-electron chi connectivity index (χ2n) is 21.1. The SMILES string of the molecule is Cc1ccc(NC(=O)CN(C)c2nc(-c3cc4c(CO)cccc4cn3)nc3c2CCC3)cn1.Cc1ccc(NC(=O)CN(C)c2nc(-c3cc4c(CO[Si](C)(C)C(C)(C)C)cccc4cn3)nc3c2CCC3)cn1. The quantitative estimate of drug-likeness (QED) is 0.0870. The molecule has 2 aromatic carbocycles. The number of aromatic nitrogens is 8. The highest BCUT2D eigenvalue weighted by atomic mass is 28.4. The number of carbonyl (C=O) groups excluding carboxylic acids is 2. The van der Waals surface area contributed by atoms with Gasteiger partial charge in [0.2, 0.25) is 11.8 Å². The van der Waals surface area contributed by atoms with Crippen molar-refractivity contribution in [3.05, 3.63) is 143 Å². The number of anilines is 4. The second kappa shape index (κ2) is 22.1. The molecule has 10 rings (SSSR count). The Morgan fingerprint density at radius 1 is 0.627 bits per heavy atom. The van der Waals surface area contributed by atoms with Gasteiger partial charge >= 0.3 is 0 Å². The van der Waals surface area contributed by atoms with Crippen LogP contribution in [0.2, 0.25) is 18.1 Å². The average molecular weight is 1020 g/mol. The molecule has 0 spiro atoms. The molecule has 0 atom stereocenters. The number of carbonyl (C=O) groups is 2. The highest BCUT2D eigenvalue weighted by Crippen LogP contribution is 2.38. The molecule has 0 bridgehead atoms. The number of fused-ring (bicyclic) bond motifs is 4. The summed E-state index contributed by atoms with van der Waals surface area (Å²) in [4.78, 5) is 66.7. The smallest absolute Gasteiger partial charge is 0.243 e. The molecule has 0 radical (unpaired) electrons. The molecule has 0 aliphatic heterocycles. The summed E-state index contributed by atoms with van der Waals surface area (Å²) in [5, 5.41) is 19.8. The van der Waals surface area contributed by atoms with E-state index < -0.39 is 8.32 Å². The summed E-state index contributed by atoms with van der Waals surface area (Å²) in [5.41, 5.74) is 10.7. The normalized spacial score (nSPS) is 13.0. The highest BCUT2D eigenvalue weighted by Gasteiger charge is 2.37. The van der Waals surface area contributed by atoms with Gasteiger partial charge in [0.15, 0.2) is 20.0 Å². The van der Waals surface area contributed by atoms with E-state index in [1.54, 1.807) is 18.6 Å². The van der Waals surface area contributed by atoms with Crippen LogP contribution in [0.3, 0.4) is 0 Å². The third-order valence-corrected chi connectivity index (χ3v) is 18.9. The molecule has 2 amide bonds. The van der Waals surface area contributed by atoms with E-state index in [9.17, 15) is 14.7 Å². The molecule has 2 aliphatic carbocycles. The molecule has 386 valence electrons. The maximum atomic E-state index is 12.9. The second-order valence-corrected chi connectivity index (χ2v) is 25.9. The Kier molecular flexibility index (Phi) is 15.4. The first-order valence-corrected chi connectivity index (χ1v) is 28.5. The number of hydrogen-bond donors (Lipinski definition) is 3. The standard InChI is InChI=1S/C32H40N6O2Si.C26H26N6O2/c1-21-14-15-24(18-33-21)35-29(39)19-38(5)31-25-12-9-13-27(25)36-30(37-31)28-16-26-22(17-34-28)10-8-11-23(26)20-40-41(6,7)32(2,3)4;1-16-9-10-19(13-27-16)29-24(34)14-32(2)26-20-7-4-8-22(20)30-25(31-26)23-11-21-17(12-28-23)5-3-6-18(21)15-33/h8,10-11,14-18H,9,12-13,19-20H2,1-7H3,(H,35,39);3,5-6,9-13,33H,4,7-8,14-15H2,1-2H3,(H,29,34). The predicted molar refractivity (Wildman–Crippen MR) is 299 cm³/mol. The van der Waals surface area contributed by atoms with Crippen molar-refractivity contribution in [3.8, 4) is 23.0 Å². The van der Waals surface area contributed by atoms with Crippen LogP contribution in [0.1, 0.15) is 78.6 Å². The number of nitrogens with one attached hydrogen (secondary N) is 2. The maximum Gasteiger partial charge on any atom is 0.243 e. The minimum atomic E-state index is -1.91. The summed E-state index contributed by atoms with van der Waals surface area (Å²) >= 11 is 0. The summed E-state index contributed by atoms with van der Waals surface area (Å²) < 4.78 is 6.57. The Bertz CT molecular complexity index is 3400. The predicted octanol–water partition coefficient (Wildman–Crippen LogP) is 9.93. The van der Waals surface area contributed by atoms with E-state index in [2.05, 4.69) is 83.7 Å². The molecule has 2 aliphatic rings. The van der Waals surface area contributed by atoms with Crippen molar-refractivity contribution in [2.45, 2.75) is 104 Å². The van der Waals surface area contributed by atoms with E-state index in [1.807, 2.05) is 92.5 Å². The number of hydrogen-bond acceptors (Lipinski definition) is 14. The number of aliphatic hydroxyl groups is 1. The third kappa shape index (κ3) is 12.0. The summed E-state index contributed by atoms with van der Waals surface area (Å²) in [7, 11) is 1.87. The minimum Gasteiger partial charge on any atom is -0.413 e. The van der Waals surface area contributed by atoms with Gasteiger partial charge < -0.3 is 30.0 Å². The lowest BCUT2D eigenvalue weighted by Gasteiger charge is -2.36. The maximum absolute atomic E-state index is 12.9. The first kappa shape index (κ1) is 52.3. The lowest BCUT2D eigenvalue weighted by molar-refractivity contribution is -0.115. The van der Waals surface area contributed by atoms with Gasteiger partial charge in [-0.1, -0.05) is 57.2 Å². The van der Waals surface area contributed by atoms with E-state index in [0.717, 1.165) is 122 Å². The molecular weight excluding hydrogens is 957 g/mol. The van der Waals surface area contributed by atoms with Crippen molar-refractivity contribution < 1.29 is 19.1 Å². The van der Waals surface area contributed by atoms with E-state index in [1.165, 1.54) is 0 Å². The number of aliphatic hydroxyl groups excluding tert-OH is 1. The average Bonchev–Trinajstić information content (AvgIpc) is 4.09. The molecular formula is C58H66N12O4Si. The van der Waals surface area contributed by atoms with Crippen LogP contribution in [0.5, 0.6) is 0 Å². The van der Waals surface area contributed by atoms with Crippen molar-refractivity contribution in [2.75, 3.05) is 47.6 Å². The van der Waals surface area contributed by atoms with Crippen molar-refractivity contribution >= 4 is 64.7 Å². The Hall–Kier alpha value is -7.60. The first-order chi connectivity index (χ1) is 35.9. The van der Waals surface area contributed by atoms with Gasteiger partial charge in [-0.3, -0.25) is 29.5 Å². The van der Waals surface area contributed by atoms with Crippen LogP contribution in [0, 0.1) is 13.8 Å². The Morgan fingerprint density at radius 2 is 1.09 bits per heavy atom. The summed E-state index contributed by atoms with van der Waals surface area (Å²) in [6, 6.07) is 23.5. The molecule has 6 heterocycles. The van der Waals surface area contributed by atoms with Gasteiger partial charge in [0.1, 0.15) is 23.0 Å². The van der Waals surface area contributed by atoms with Gasteiger partial charge in [0.05, 0.1) is 50.1 Å². The van der Waals surface area contributed by atoms with Crippen LogP contribution in [0.25, 0.3) is 44.6 Å². The van der Waals surface area contributed by atoms with Gasteiger partial charge in [-0.15, -0.1) is 0 Å². The Labute approximate surface area is 439 Å². The van der Waals surface area contributed by atoms with E-state index in [-0.39, 0.29) is 36.5 Å². The number of pyridine rings is 4. The summed E-state index contributed by atoms with van der Waals surface area (Å²) in [6.45, 7) is 16.0. The Balaban J connectivity index is 0.000000187. The third-order valence-electron chi connectivity index (χ3n) is 14.4. The number of nitrogens with zero attached hydrogens (tertiary/aromatic N) is 10. The number of rotatable bonds is 14. The summed E-state index contributed by atoms with van der Waals surface area (Å²) in [6.07, 6.45) is 12.6. The van der Waals surface area contributed by atoms with Crippen molar-refractivity contribution in [1.82, 2.24) is 39.9 Å². The molecule has 0 saturated carbocycles. The van der Waals surface area contributed by atoms with Crippen LogP contribution >= 0.6 is 0 Å². The van der Waals surface area contributed by atoms with Crippen molar-refractivity contribution in [2.24, 2.45) is 0 Å². The monoisotopic (exact) mass is 1020 g/mol. The highest BCUT2D eigenvalue weighted by molar-refractivity contribution is 6.74. The molecule has 17 heteroatoms.